The summed E-state index contributed by atoms with van der Waals surface area (Å²) in [5, 5.41) is 3.71. The van der Waals surface area contributed by atoms with Crippen molar-refractivity contribution < 1.29 is 13.2 Å². The average Bonchev–Trinajstić information content (AvgIpc) is 3.30. The van der Waals surface area contributed by atoms with Crippen molar-refractivity contribution in [2.45, 2.75) is 68.3 Å². The fraction of sp³-hybridized carbons (Fsp3) is 0.462. The number of rotatable bonds is 6. The van der Waals surface area contributed by atoms with Crippen LogP contribution in [0.4, 0.5) is 5.69 Å². The molecule has 0 aromatic heterocycles. The van der Waals surface area contributed by atoms with Gasteiger partial charge in [-0.1, -0.05) is 49.6 Å². The summed E-state index contributed by atoms with van der Waals surface area (Å²) >= 11 is 0. The fourth-order valence-corrected chi connectivity index (χ4v) is 6.92. The summed E-state index contributed by atoms with van der Waals surface area (Å²) in [7, 11) is -3.52. The number of allylic oxidation sites excluding steroid dienone is 2. The van der Waals surface area contributed by atoms with Crippen LogP contribution in [0.15, 0.2) is 59.5 Å². The van der Waals surface area contributed by atoms with Gasteiger partial charge in [-0.05, 0) is 61.9 Å². The van der Waals surface area contributed by atoms with Crippen molar-refractivity contribution in [3.63, 3.8) is 0 Å². The highest BCUT2D eigenvalue weighted by molar-refractivity contribution is 7.89. The largest absolute Gasteiger partial charge is 0.494 e. The highest BCUT2D eigenvalue weighted by Crippen LogP contribution is 2.51. The third-order valence-corrected chi connectivity index (χ3v) is 8.64. The molecule has 1 aliphatic heterocycles. The molecular weight excluding hydrogens is 420 g/mol. The van der Waals surface area contributed by atoms with Crippen LogP contribution in [0.3, 0.4) is 0 Å². The van der Waals surface area contributed by atoms with E-state index in [0.29, 0.717) is 17.4 Å². The molecule has 3 atom stereocenters. The zero-order chi connectivity index (χ0) is 22.1. The van der Waals surface area contributed by atoms with Crippen LogP contribution in [-0.4, -0.2) is 21.1 Å². The smallest absolute Gasteiger partial charge is 0.240 e. The summed E-state index contributed by atoms with van der Waals surface area (Å²) in [6.07, 6.45) is 10.7. The van der Waals surface area contributed by atoms with E-state index in [9.17, 15) is 8.42 Å². The number of ether oxygens (including phenoxy) is 1. The molecule has 1 fully saturated rings. The summed E-state index contributed by atoms with van der Waals surface area (Å²) in [5.74, 6) is 1.43. The van der Waals surface area contributed by atoms with Crippen LogP contribution < -0.4 is 14.8 Å². The van der Waals surface area contributed by atoms with Gasteiger partial charge in [-0.15, -0.1) is 0 Å². The van der Waals surface area contributed by atoms with Gasteiger partial charge in [0.05, 0.1) is 17.5 Å². The maximum Gasteiger partial charge on any atom is 0.240 e. The summed E-state index contributed by atoms with van der Waals surface area (Å²) in [6.45, 7) is 2.63. The van der Waals surface area contributed by atoms with Gasteiger partial charge in [0.25, 0.3) is 0 Å². The molecule has 1 heterocycles. The minimum absolute atomic E-state index is 0.0569. The third-order valence-electron chi connectivity index (χ3n) is 7.13. The van der Waals surface area contributed by atoms with Crippen molar-refractivity contribution in [3.8, 4) is 5.75 Å². The van der Waals surface area contributed by atoms with E-state index >= 15 is 0 Å². The average molecular weight is 453 g/mol. The Morgan fingerprint density at radius 3 is 2.69 bits per heavy atom. The second kappa shape index (κ2) is 8.91. The van der Waals surface area contributed by atoms with E-state index in [1.54, 1.807) is 6.07 Å². The van der Waals surface area contributed by atoms with E-state index in [4.69, 9.17) is 4.74 Å². The molecule has 32 heavy (non-hydrogen) atoms. The lowest BCUT2D eigenvalue weighted by molar-refractivity contribution is 0.326. The Morgan fingerprint density at radius 2 is 1.88 bits per heavy atom. The lowest BCUT2D eigenvalue weighted by atomic mass is 9.77. The summed E-state index contributed by atoms with van der Waals surface area (Å²) in [4.78, 5) is 0.371. The number of benzene rings is 2. The van der Waals surface area contributed by atoms with Gasteiger partial charge in [0.2, 0.25) is 10.0 Å². The first-order valence-corrected chi connectivity index (χ1v) is 13.4. The van der Waals surface area contributed by atoms with Crippen LogP contribution in [0, 0.1) is 5.92 Å². The van der Waals surface area contributed by atoms with E-state index in [1.807, 2.05) is 31.2 Å². The van der Waals surface area contributed by atoms with E-state index in [1.165, 1.54) is 6.42 Å². The first kappa shape index (κ1) is 21.5. The molecule has 5 rings (SSSR count). The summed E-state index contributed by atoms with van der Waals surface area (Å²) in [6, 6.07) is 14.0. The number of anilines is 1. The lowest BCUT2D eigenvalue weighted by Gasteiger charge is -2.38. The van der Waals surface area contributed by atoms with Gasteiger partial charge in [-0.25, -0.2) is 13.1 Å². The van der Waals surface area contributed by atoms with Crippen LogP contribution in [0.25, 0.3) is 0 Å². The fourth-order valence-electron chi connectivity index (χ4n) is 5.58. The standard InChI is InChI=1S/C26H32N2O3S/c1-2-31-25-14-7-6-11-22(25)26-21-13-8-12-20(21)23-17-19(15-16-24(23)27-26)32(29,30)28-18-9-4-3-5-10-18/h6-8,11-12,14-18,20-21,26-28H,2-5,9-10,13H2,1H3. The maximum atomic E-state index is 13.1. The summed E-state index contributed by atoms with van der Waals surface area (Å²) < 4.78 is 35.1. The Balaban J connectivity index is 1.46. The molecule has 3 aliphatic rings. The van der Waals surface area contributed by atoms with E-state index < -0.39 is 10.0 Å². The van der Waals surface area contributed by atoms with Crippen molar-refractivity contribution in [1.82, 2.24) is 4.72 Å². The van der Waals surface area contributed by atoms with Gasteiger partial charge in [0.1, 0.15) is 5.75 Å². The lowest BCUT2D eigenvalue weighted by Crippen LogP contribution is -2.36. The van der Waals surface area contributed by atoms with Crippen molar-refractivity contribution >= 4 is 15.7 Å². The van der Waals surface area contributed by atoms with Gasteiger partial charge in [-0.2, -0.15) is 0 Å². The highest BCUT2D eigenvalue weighted by Gasteiger charge is 2.39. The molecule has 3 unspecified atom stereocenters. The Hall–Kier alpha value is -2.31. The molecule has 1 saturated carbocycles. The highest BCUT2D eigenvalue weighted by atomic mass is 32.2. The monoisotopic (exact) mass is 452 g/mol. The van der Waals surface area contributed by atoms with Gasteiger partial charge in [0.15, 0.2) is 0 Å². The van der Waals surface area contributed by atoms with Crippen molar-refractivity contribution in [1.29, 1.82) is 0 Å². The molecule has 0 spiro atoms. The third kappa shape index (κ3) is 4.06. The van der Waals surface area contributed by atoms with Crippen molar-refractivity contribution in [3.05, 3.63) is 65.7 Å². The second-order valence-electron chi connectivity index (χ2n) is 9.15. The molecule has 2 aliphatic carbocycles. The van der Waals surface area contributed by atoms with Gasteiger partial charge in [0, 0.05) is 23.2 Å². The molecule has 170 valence electrons. The quantitative estimate of drug-likeness (QED) is 0.566. The number of fused-ring (bicyclic) bond motifs is 3. The zero-order valence-corrected chi connectivity index (χ0v) is 19.4. The van der Waals surface area contributed by atoms with Gasteiger partial charge in [-0.3, -0.25) is 0 Å². The van der Waals surface area contributed by atoms with E-state index in [2.05, 4.69) is 34.3 Å². The Labute approximate surface area is 191 Å². The molecule has 2 aromatic carbocycles. The van der Waals surface area contributed by atoms with Crippen LogP contribution in [-0.2, 0) is 10.0 Å². The molecule has 2 N–H and O–H groups in total. The Bertz CT molecular complexity index is 1110. The molecule has 6 heteroatoms. The second-order valence-corrected chi connectivity index (χ2v) is 10.9. The predicted molar refractivity (Wildman–Crippen MR) is 128 cm³/mol. The molecule has 0 radical (unpaired) electrons. The molecule has 2 aromatic rings. The van der Waals surface area contributed by atoms with Crippen molar-refractivity contribution in [2.24, 2.45) is 5.92 Å². The first-order chi connectivity index (χ1) is 15.6. The van der Waals surface area contributed by atoms with Crippen molar-refractivity contribution in [2.75, 3.05) is 11.9 Å². The number of para-hydroxylation sites is 1. The molecule has 0 saturated heterocycles. The normalized spacial score (nSPS) is 25.1. The van der Waals surface area contributed by atoms with E-state index in [0.717, 1.165) is 54.7 Å². The molecule has 5 nitrogen and oxygen atoms in total. The van der Waals surface area contributed by atoms with E-state index in [-0.39, 0.29) is 18.0 Å². The summed E-state index contributed by atoms with van der Waals surface area (Å²) in [5.41, 5.74) is 3.24. The molecule has 0 amide bonds. The van der Waals surface area contributed by atoms with Crippen LogP contribution in [0.2, 0.25) is 0 Å². The molecule has 0 bridgehead atoms. The van der Waals surface area contributed by atoms with Gasteiger partial charge < -0.3 is 10.1 Å². The topological polar surface area (TPSA) is 67.4 Å². The van der Waals surface area contributed by atoms with Gasteiger partial charge >= 0.3 is 0 Å². The molecular formula is C26H32N2O3S. The van der Waals surface area contributed by atoms with Crippen LogP contribution in [0.1, 0.15) is 68.5 Å². The first-order valence-electron chi connectivity index (χ1n) is 11.9. The minimum Gasteiger partial charge on any atom is -0.494 e. The number of hydrogen-bond acceptors (Lipinski definition) is 4. The van der Waals surface area contributed by atoms with Crippen LogP contribution >= 0.6 is 0 Å². The Morgan fingerprint density at radius 1 is 1.06 bits per heavy atom. The Kier molecular flexibility index (Phi) is 5.99. The number of sulfonamides is 1. The minimum atomic E-state index is -3.52. The number of hydrogen-bond donors (Lipinski definition) is 2. The predicted octanol–water partition coefficient (Wildman–Crippen LogP) is 5.52. The SMILES string of the molecule is CCOc1ccccc1C1Nc2ccc(S(=O)(=O)NC3CCCCC3)cc2C2C=CCC21. The maximum absolute atomic E-state index is 13.1. The number of nitrogens with one attached hydrogen (secondary N) is 2. The zero-order valence-electron chi connectivity index (χ0n) is 18.6. The van der Waals surface area contributed by atoms with Crippen LogP contribution in [0.5, 0.6) is 5.75 Å².